The van der Waals surface area contributed by atoms with E-state index in [0.29, 0.717) is 59.5 Å². The lowest BCUT2D eigenvalue weighted by atomic mass is 9.79. The van der Waals surface area contributed by atoms with Crippen LogP contribution in [0.2, 0.25) is 10.0 Å². The minimum atomic E-state index is -0.780. The first-order chi connectivity index (χ1) is 39.0. The summed E-state index contributed by atoms with van der Waals surface area (Å²) in [5.74, 6) is 0.944. The van der Waals surface area contributed by atoms with Crippen LogP contribution < -0.4 is 5.73 Å². The average Bonchev–Trinajstić information content (AvgIpc) is 4.20. The molecule has 81 heavy (non-hydrogen) atoms. The minimum absolute atomic E-state index is 0. The maximum Gasteiger partial charge on any atom is 0.314 e. The third-order valence-electron chi connectivity index (χ3n) is 14.3. The Bertz CT molecular complexity index is 3290. The van der Waals surface area contributed by atoms with Gasteiger partial charge in [0.15, 0.2) is 0 Å². The monoisotopic (exact) mass is 1140 g/mol. The number of hydrogen-bond acceptors (Lipinski definition) is 14. The van der Waals surface area contributed by atoms with Crippen LogP contribution >= 0.6 is 23.2 Å². The Morgan fingerprint density at radius 2 is 0.951 bits per heavy atom. The number of rotatable bonds is 17. The van der Waals surface area contributed by atoms with Crippen molar-refractivity contribution in [2.24, 2.45) is 16.6 Å². The molecule has 424 valence electrons. The van der Waals surface area contributed by atoms with Gasteiger partial charge in [0.05, 0.1) is 30.7 Å². The molecule has 10 rings (SSSR count). The summed E-state index contributed by atoms with van der Waals surface area (Å²) < 4.78 is 27.0. The van der Waals surface area contributed by atoms with Gasteiger partial charge in [0.25, 0.3) is 11.8 Å². The number of carboxylic acid groups (broad SMARTS) is 1. The maximum absolute atomic E-state index is 12.6. The van der Waals surface area contributed by atoms with Crippen molar-refractivity contribution >= 4 is 35.1 Å². The average molecular weight is 1140 g/mol. The van der Waals surface area contributed by atoms with Crippen molar-refractivity contribution in [2.45, 2.75) is 72.0 Å². The summed E-state index contributed by atoms with van der Waals surface area (Å²) in [6.07, 6.45) is 2.60. The van der Waals surface area contributed by atoms with Crippen LogP contribution in [-0.2, 0) is 36.9 Å². The molecule has 0 amide bonds. The summed E-state index contributed by atoms with van der Waals surface area (Å²) in [4.78, 5) is 38.2. The van der Waals surface area contributed by atoms with E-state index in [1.54, 1.807) is 14.2 Å². The van der Waals surface area contributed by atoms with Gasteiger partial charge in [0.2, 0.25) is 11.6 Å². The topological polar surface area (TPSA) is 192 Å². The second-order valence-electron chi connectivity index (χ2n) is 21.7. The SMILES string of the molecule is CC(C)(C)N.CCOC(=O)C1(COC)CCN(Cc2ccc(-c3noc(-c4ccc(-c5ccccc5)c(Cl)c4)n3)cc2)CC1.COCC1(C(=O)O)CCN(Cc2ccc(-c3noc(-c4ccc(-c5ccccc5)c(Cl)c4)n3)cc2)CC1. The first kappa shape index (κ1) is 60.0. The molecule has 6 aromatic carbocycles. The zero-order valence-electron chi connectivity index (χ0n) is 46.9. The Morgan fingerprint density at radius 3 is 1.31 bits per heavy atom. The molecule has 3 N–H and O–H groups in total. The fourth-order valence-corrected chi connectivity index (χ4v) is 10.5. The molecule has 0 saturated carbocycles. The highest BCUT2D eigenvalue weighted by Crippen LogP contribution is 2.37. The van der Waals surface area contributed by atoms with E-state index in [2.05, 4.69) is 42.2 Å². The van der Waals surface area contributed by atoms with Crippen molar-refractivity contribution in [2.75, 3.05) is 60.2 Å². The van der Waals surface area contributed by atoms with E-state index < -0.39 is 16.8 Å². The second-order valence-corrected chi connectivity index (χ2v) is 22.5. The van der Waals surface area contributed by atoms with Gasteiger partial charge in [0.1, 0.15) is 0 Å². The number of ether oxygens (including phenoxy) is 3. The van der Waals surface area contributed by atoms with E-state index in [9.17, 15) is 14.7 Å². The third-order valence-corrected chi connectivity index (χ3v) is 14.9. The molecule has 0 radical (unpaired) electrons. The third kappa shape index (κ3) is 15.9. The molecular weight excluding hydrogens is 1070 g/mol. The molecule has 2 aliphatic rings. The number of carbonyl (C=O) groups is 2. The first-order valence-corrected chi connectivity index (χ1v) is 27.9. The molecule has 2 fully saturated rings. The molecular formula is C64H71Cl2N7O8. The number of halogens is 2. The fourth-order valence-electron chi connectivity index (χ4n) is 9.89. The van der Waals surface area contributed by atoms with Crippen LogP contribution in [0.3, 0.4) is 0 Å². The van der Waals surface area contributed by atoms with Gasteiger partial charge in [0, 0.05) is 76.3 Å². The lowest BCUT2D eigenvalue weighted by Gasteiger charge is -2.39. The van der Waals surface area contributed by atoms with Gasteiger partial charge >= 0.3 is 11.9 Å². The van der Waals surface area contributed by atoms with E-state index in [1.807, 2.05) is 161 Å². The van der Waals surface area contributed by atoms with E-state index in [0.717, 1.165) is 102 Å². The predicted molar refractivity (Wildman–Crippen MR) is 317 cm³/mol. The maximum atomic E-state index is 12.6. The van der Waals surface area contributed by atoms with Crippen LogP contribution in [0.4, 0.5) is 0 Å². The normalized spacial score (nSPS) is 15.2. The van der Waals surface area contributed by atoms with Crippen LogP contribution in [0, 0.1) is 10.8 Å². The van der Waals surface area contributed by atoms with Crippen molar-refractivity contribution in [3.63, 3.8) is 0 Å². The summed E-state index contributed by atoms with van der Waals surface area (Å²) >= 11 is 13.1. The van der Waals surface area contributed by atoms with Crippen molar-refractivity contribution in [3.05, 3.63) is 167 Å². The van der Waals surface area contributed by atoms with Crippen LogP contribution in [0.25, 0.3) is 67.9 Å². The molecule has 0 unspecified atom stereocenters. The number of aliphatic carboxylic acids is 1. The highest BCUT2D eigenvalue weighted by molar-refractivity contribution is 6.34. The van der Waals surface area contributed by atoms with Gasteiger partial charge < -0.3 is 34.1 Å². The molecule has 17 heteroatoms. The number of hydrogen-bond donors (Lipinski definition) is 2. The number of carboxylic acids is 1. The highest BCUT2D eigenvalue weighted by atomic mass is 35.5. The van der Waals surface area contributed by atoms with Gasteiger partial charge in [-0.1, -0.05) is 155 Å². The van der Waals surface area contributed by atoms with Gasteiger partial charge in [-0.2, -0.15) is 9.97 Å². The molecule has 4 heterocycles. The quantitative estimate of drug-likeness (QED) is 0.0818. The van der Waals surface area contributed by atoms with E-state index in [4.69, 9.17) is 52.2 Å². The van der Waals surface area contributed by atoms with Gasteiger partial charge in [-0.15, -0.1) is 0 Å². The van der Waals surface area contributed by atoms with Gasteiger partial charge in [-0.3, -0.25) is 19.4 Å². The zero-order chi connectivity index (χ0) is 57.6. The van der Waals surface area contributed by atoms with E-state index >= 15 is 0 Å². The van der Waals surface area contributed by atoms with Crippen molar-refractivity contribution in [1.82, 2.24) is 30.1 Å². The predicted octanol–water partition coefficient (Wildman–Crippen LogP) is 13.3. The molecule has 0 spiro atoms. The number of nitrogens with two attached hydrogens (primary N) is 1. The zero-order valence-corrected chi connectivity index (χ0v) is 48.4. The Labute approximate surface area is 484 Å². The number of aromatic nitrogens is 4. The number of piperidine rings is 2. The molecule has 0 aliphatic carbocycles. The molecule has 15 nitrogen and oxygen atoms in total. The minimum Gasteiger partial charge on any atom is -0.481 e. The van der Waals surface area contributed by atoms with Crippen LogP contribution in [0.1, 0.15) is 64.5 Å². The fraction of sp³-hybridized carbons (Fsp3) is 0.344. The second kappa shape index (κ2) is 27.6. The molecule has 2 aliphatic heterocycles. The summed E-state index contributed by atoms with van der Waals surface area (Å²) in [5.41, 5.74) is 13.6. The van der Waals surface area contributed by atoms with Gasteiger partial charge in [-0.05, 0) is 126 Å². The Kier molecular flexibility index (Phi) is 20.4. The number of esters is 1. The first-order valence-electron chi connectivity index (χ1n) is 27.2. The highest BCUT2D eigenvalue weighted by Gasteiger charge is 2.43. The van der Waals surface area contributed by atoms with Crippen LogP contribution in [-0.4, -0.2) is 113 Å². The molecule has 8 aromatic rings. The summed E-state index contributed by atoms with van der Waals surface area (Å²) in [7, 11) is 3.19. The summed E-state index contributed by atoms with van der Waals surface area (Å²) in [6, 6.07) is 47.7. The largest absolute Gasteiger partial charge is 0.481 e. The van der Waals surface area contributed by atoms with Crippen molar-refractivity contribution < 1.29 is 38.0 Å². The Hall–Kier alpha value is -7.08. The summed E-state index contributed by atoms with van der Waals surface area (Å²) in [5, 5.41) is 19.3. The Morgan fingerprint density at radius 1 is 0.580 bits per heavy atom. The number of methoxy groups -OCH3 is 2. The lowest BCUT2D eigenvalue weighted by molar-refractivity contribution is -0.163. The van der Waals surface area contributed by atoms with Crippen molar-refractivity contribution in [1.29, 1.82) is 0 Å². The number of likely N-dealkylation sites (tertiary alicyclic amines) is 2. The molecule has 0 atom stereocenters. The van der Waals surface area contributed by atoms with Crippen molar-refractivity contribution in [3.8, 4) is 67.9 Å². The molecule has 2 aromatic heterocycles. The van der Waals surface area contributed by atoms with E-state index in [1.165, 1.54) is 5.56 Å². The lowest BCUT2D eigenvalue weighted by Crippen LogP contribution is -2.47. The molecule has 2 saturated heterocycles. The Balaban J connectivity index is 0.000000196. The van der Waals surface area contributed by atoms with E-state index in [-0.39, 0.29) is 18.1 Å². The van der Waals surface area contributed by atoms with Gasteiger partial charge in [-0.25, -0.2) is 0 Å². The number of benzene rings is 6. The van der Waals surface area contributed by atoms with Crippen LogP contribution in [0.5, 0.6) is 0 Å². The number of nitrogens with zero attached hydrogens (tertiary/aromatic N) is 6. The van der Waals surface area contributed by atoms with Crippen LogP contribution in [0.15, 0.2) is 155 Å². The smallest absolute Gasteiger partial charge is 0.314 e. The summed E-state index contributed by atoms with van der Waals surface area (Å²) in [6.45, 7) is 13.4. The standard InChI is InChI=1S/C31H32ClN3O4.C29H28ClN3O4.C4H11N/c1-3-38-30(36)31(21-37-2)15-17-35(18-16-31)20-22-9-11-24(12-10-22)28-33-29(39-34-28)25-13-14-26(27(32)19-25)23-7-5-4-6-8-23;1-36-19-29(28(34)35)13-15-33(16-14-29)18-20-7-9-22(10-8-20)26-31-27(37-32-26)23-11-12-24(25(30)17-23)21-5-3-2-4-6-21;1-4(2,3)5/h4-14,19H,3,15-18,20-21H2,1-2H3;2-12,17H,13-16,18-19H2,1H3,(H,34,35);5H2,1-3H3. The molecule has 0 bridgehead atoms. The number of carbonyl (C=O) groups excluding carboxylic acids is 1.